The SMILES string of the molecule is Cc1ccc2c(c1)P(c1ccccc1)c1cc(-c3cccc(-c4ccccc4)c3)cc3c1N2c1ccc(C)cc1P3c1ccccc1. The molecule has 0 saturated carbocycles. The largest absolute Gasteiger partial charge is 0.308 e. The van der Waals surface area contributed by atoms with Crippen LogP contribution in [0.5, 0.6) is 0 Å². The molecule has 0 aromatic heterocycles. The van der Waals surface area contributed by atoms with Crippen molar-refractivity contribution in [2.24, 2.45) is 0 Å². The highest BCUT2D eigenvalue weighted by atomic mass is 31.1. The summed E-state index contributed by atoms with van der Waals surface area (Å²) in [7, 11) is -1.60. The molecule has 0 bridgehead atoms. The highest BCUT2D eigenvalue weighted by Crippen LogP contribution is 2.55. The third-order valence-electron chi connectivity index (χ3n) is 9.33. The first-order chi connectivity index (χ1) is 23.1. The van der Waals surface area contributed by atoms with E-state index in [1.54, 1.807) is 0 Å². The van der Waals surface area contributed by atoms with Crippen molar-refractivity contribution in [3.8, 4) is 22.3 Å². The number of nitrogens with zero attached hydrogens (tertiary/aromatic N) is 1. The maximum Gasteiger partial charge on any atom is 0.0629 e. The molecular formula is C44H33NP2. The molecule has 0 aliphatic carbocycles. The van der Waals surface area contributed by atoms with Crippen molar-refractivity contribution in [2.75, 3.05) is 4.90 Å². The highest BCUT2D eigenvalue weighted by Gasteiger charge is 2.41. The molecule has 9 rings (SSSR count). The summed E-state index contributed by atoms with van der Waals surface area (Å²) in [6.45, 7) is 4.46. The molecule has 2 heterocycles. The Hall–Kier alpha value is -4.80. The van der Waals surface area contributed by atoms with Gasteiger partial charge in [-0.1, -0.05) is 132 Å². The molecule has 224 valence electrons. The summed E-state index contributed by atoms with van der Waals surface area (Å²) in [6, 6.07) is 61.5. The average molecular weight is 638 g/mol. The quantitative estimate of drug-likeness (QED) is 0.174. The summed E-state index contributed by atoms with van der Waals surface area (Å²) >= 11 is 0. The third-order valence-corrected chi connectivity index (χ3v) is 14.3. The fourth-order valence-electron chi connectivity index (χ4n) is 7.19. The lowest BCUT2D eigenvalue weighted by Crippen LogP contribution is -2.43. The van der Waals surface area contributed by atoms with Gasteiger partial charge >= 0.3 is 0 Å². The first-order valence-corrected chi connectivity index (χ1v) is 18.9. The molecule has 2 atom stereocenters. The van der Waals surface area contributed by atoms with E-state index in [-0.39, 0.29) is 0 Å². The van der Waals surface area contributed by atoms with Gasteiger partial charge in [0.05, 0.1) is 17.1 Å². The summed E-state index contributed by atoms with van der Waals surface area (Å²) in [6.07, 6.45) is 0. The van der Waals surface area contributed by atoms with Crippen molar-refractivity contribution in [3.05, 3.63) is 175 Å². The topological polar surface area (TPSA) is 3.24 Å². The van der Waals surface area contributed by atoms with Crippen LogP contribution in [0.4, 0.5) is 17.1 Å². The Kier molecular flexibility index (Phi) is 6.93. The molecule has 2 unspecified atom stereocenters. The summed E-state index contributed by atoms with van der Waals surface area (Å²) in [4.78, 5) is 2.60. The zero-order valence-electron chi connectivity index (χ0n) is 26.4. The van der Waals surface area contributed by atoms with Gasteiger partial charge in [-0.15, -0.1) is 0 Å². The van der Waals surface area contributed by atoms with Crippen molar-refractivity contribution in [2.45, 2.75) is 13.8 Å². The second kappa shape index (κ2) is 11.5. The van der Waals surface area contributed by atoms with Crippen LogP contribution in [-0.4, -0.2) is 0 Å². The number of rotatable bonds is 4. The van der Waals surface area contributed by atoms with Crippen molar-refractivity contribution in [1.82, 2.24) is 0 Å². The first-order valence-electron chi connectivity index (χ1n) is 16.2. The van der Waals surface area contributed by atoms with Gasteiger partial charge in [-0.2, -0.15) is 0 Å². The van der Waals surface area contributed by atoms with Crippen molar-refractivity contribution >= 4 is 64.7 Å². The molecule has 3 heteroatoms. The minimum absolute atomic E-state index is 0.802. The number of anilines is 3. The lowest BCUT2D eigenvalue weighted by atomic mass is 9.98. The average Bonchev–Trinajstić information content (AvgIpc) is 3.12. The summed E-state index contributed by atoms with van der Waals surface area (Å²) in [5, 5.41) is 8.53. The van der Waals surface area contributed by atoms with Crippen LogP contribution in [0.3, 0.4) is 0 Å². The standard InChI is InChI=1S/C44H33NP2/c1-30-21-23-38-40(25-30)46(36-17-8-4-9-18-36)42-28-35(34-16-12-15-33(27-34)32-13-6-3-7-14-32)29-43-44(42)45(38)39-24-22-31(2)26-41(39)47(43)37-19-10-5-11-20-37/h3-29H,1-2H3. The van der Waals surface area contributed by atoms with Gasteiger partial charge in [0.15, 0.2) is 0 Å². The predicted molar refractivity (Wildman–Crippen MR) is 206 cm³/mol. The fourth-order valence-corrected chi connectivity index (χ4v) is 12.7. The summed E-state index contributed by atoms with van der Waals surface area (Å²) in [5.41, 5.74) is 11.6. The monoisotopic (exact) mass is 637 g/mol. The molecule has 2 aliphatic heterocycles. The maximum atomic E-state index is 2.60. The second-order valence-corrected chi connectivity index (χ2v) is 16.8. The van der Waals surface area contributed by atoms with Gasteiger partial charge in [-0.05, 0) is 105 Å². The minimum atomic E-state index is -0.802. The molecule has 7 aromatic rings. The third kappa shape index (κ3) is 4.77. The van der Waals surface area contributed by atoms with E-state index >= 15 is 0 Å². The lowest BCUT2D eigenvalue weighted by molar-refractivity contribution is 1.30. The Labute approximate surface area is 279 Å². The van der Waals surface area contributed by atoms with E-state index in [9.17, 15) is 0 Å². The summed E-state index contributed by atoms with van der Waals surface area (Å²) in [5.74, 6) is 0. The van der Waals surface area contributed by atoms with Gasteiger partial charge in [-0.3, -0.25) is 0 Å². The number of hydrogen-bond acceptors (Lipinski definition) is 1. The molecule has 1 nitrogen and oxygen atoms in total. The van der Waals surface area contributed by atoms with Crippen LogP contribution >= 0.6 is 15.8 Å². The normalized spacial score (nSPS) is 15.8. The second-order valence-electron chi connectivity index (χ2n) is 12.5. The summed E-state index contributed by atoms with van der Waals surface area (Å²) < 4.78 is 0. The van der Waals surface area contributed by atoms with Gasteiger partial charge in [-0.25, -0.2) is 0 Å². The first kappa shape index (κ1) is 28.4. The van der Waals surface area contributed by atoms with Crippen molar-refractivity contribution < 1.29 is 0 Å². The zero-order chi connectivity index (χ0) is 31.5. The Bertz CT molecular complexity index is 2160. The van der Waals surface area contributed by atoms with Crippen LogP contribution < -0.4 is 36.7 Å². The van der Waals surface area contributed by atoms with E-state index in [1.807, 2.05) is 0 Å². The number of fused-ring (bicyclic) bond motifs is 4. The van der Waals surface area contributed by atoms with Crippen LogP contribution in [0, 0.1) is 13.8 Å². The molecule has 0 amide bonds. The smallest absolute Gasteiger partial charge is 0.0629 e. The van der Waals surface area contributed by atoms with Crippen LogP contribution in [0.1, 0.15) is 11.1 Å². The van der Waals surface area contributed by atoms with Crippen LogP contribution in [0.25, 0.3) is 22.3 Å². The Morgan fingerprint density at radius 1 is 0.362 bits per heavy atom. The number of aryl methyl sites for hydroxylation is 2. The van der Waals surface area contributed by atoms with E-state index in [1.165, 1.54) is 82.3 Å². The molecule has 0 N–H and O–H groups in total. The van der Waals surface area contributed by atoms with E-state index in [0.717, 1.165) is 0 Å². The fraction of sp³-hybridized carbons (Fsp3) is 0.0455. The molecule has 0 saturated heterocycles. The molecule has 0 fully saturated rings. The lowest BCUT2D eigenvalue weighted by Gasteiger charge is -2.45. The Morgan fingerprint density at radius 2 is 0.809 bits per heavy atom. The number of hydrogen-bond donors (Lipinski definition) is 0. The van der Waals surface area contributed by atoms with Crippen molar-refractivity contribution in [3.63, 3.8) is 0 Å². The van der Waals surface area contributed by atoms with E-state index in [2.05, 4.69) is 183 Å². The minimum Gasteiger partial charge on any atom is -0.308 e. The van der Waals surface area contributed by atoms with Crippen LogP contribution in [-0.2, 0) is 0 Å². The van der Waals surface area contributed by atoms with Gasteiger partial charge in [0.1, 0.15) is 0 Å². The molecule has 0 spiro atoms. The molecule has 7 aromatic carbocycles. The molecular weight excluding hydrogens is 604 g/mol. The molecule has 47 heavy (non-hydrogen) atoms. The zero-order valence-corrected chi connectivity index (χ0v) is 28.2. The Morgan fingerprint density at radius 3 is 1.32 bits per heavy atom. The molecule has 2 aliphatic rings. The van der Waals surface area contributed by atoms with E-state index < -0.39 is 15.8 Å². The van der Waals surface area contributed by atoms with E-state index in [0.29, 0.717) is 0 Å². The molecule has 0 radical (unpaired) electrons. The van der Waals surface area contributed by atoms with Crippen LogP contribution in [0.2, 0.25) is 0 Å². The number of benzene rings is 7. The van der Waals surface area contributed by atoms with Gasteiger partial charge in [0.2, 0.25) is 0 Å². The van der Waals surface area contributed by atoms with Gasteiger partial charge < -0.3 is 4.90 Å². The van der Waals surface area contributed by atoms with Gasteiger partial charge in [0, 0.05) is 21.2 Å². The Balaban J connectivity index is 1.39. The maximum absolute atomic E-state index is 2.60. The van der Waals surface area contributed by atoms with Crippen molar-refractivity contribution in [1.29, 1.82) is 0 Å². The highest BCUT2D eigenvalue weighted by molar-refractivity contribution is 7.82. The predicted octanol–water partition coefficient (Wildman–Crippen LogP) is 9.25. The van der Waals surface area contributed by atoms with Gasteiger partial charge in [0.25, 0.3) is 0 Å². The van der Waals surface area contributed by atoms with E-state index in [4.69, 9.17) is 0 Å². The van der Waals surface area contributed by atoms with Crippen LogP contribution in [0.15, 0.2) is 164 Å².